The summed E-state index contributed by atoms with van der Waals surface area (Å²) in [5.41, 5.74) is 0. The Kier molecular flexibility index (Phi) is 7.61. The summed E-state index contributed by atoms with van der Waals surface area (Å²) in [6.07, 6.45) is -0.683. The van der Waals surface area contributed by atoms with E-state index in [2.05, 4.69) is 27.9 Å². The highest BCUT2D eigenvalue weighted by atomic mass is 16.6. The molecule has 0 bridgehead atoms. The first-order valence-electron chi connectivity index (χ1n) is 4.70. The zero-order valence-corrected chi connectivity index (χ0v) is 9.17. The van der Waals surface area contributed by atoms with E-state index in [1.54, 1.807) is 0 Å². The first kappa shape index (κ1) is 15.3. The van der Waals surface area contributed by atoms with Crippen LogP contribution in [0.15, 0.2) is 25.3 Å². The summed E-state index contributed by atoms with van der Waals surface area (Å²) < 4.78 is 8.80. The van der Waals surface area contributed by atoms with Gasteiger partial charge in [-0.2, -0.15) is 0 Å². The number of aliphatic hydroxyl groups is 2. The van der Waals surface area contributed by atoms with Gasteiger partial charge in [-0.05, 0) is 12.2 Å². The fourth-order valence-electron chi connectivity index (χ4n) is 0.716. The minimum absolute atomic E-state index is 0.288. The van der Waals surface area contributed by atoms with Crippen LogP contribution in [-0.2, 0) is 19.1 Å². The zero-order valence-electron chi connectivity index (χ0n) is 9.17. The molecule has 7 heteroatoms. The lowest BCUT2D eigenvalue weighted by Crippen LogP contribution is -2.33. The van der Waals surface area contributed by atoms with E-state index in [0.29, 0.717) is 0 Å². The van der Waals surface area contributed by atoms with Gasteiger partial charge >= 0.3 is 11.9 Å². The van der Waals surface area contributed by atoms with Crippen molar-refractivity contribution in [2.45, 2.75) is 12.6 Å². The quantitative estimate of drug-likeness (QED) is 0.276. The minimum Gasteiger partial charge on any atom is -0.431 e. The molecular weight excluding hydrogens is 230 g/mol. The first-order chi connectivity index (χ1) is 7.99. The van der Waals surface area contributed by atoms with E-state index in [0.717, 1.165) is 12.2 Å². The van der Waals surface area contributed by atoms with Crippen molar-refractivity contribution in [3.63, 3.8) is 0 Å². The predicted octanol–water partition coefficient (Wildman–Crippen LogP) is -1.33. The van der Waals surface area contributed by atoms with Gasteiger partial charge in [0.15, 0.2) is 0 Å². The lowest BCUT2D eigenvalue weighted by molar-refractivity contribution is -0.160. The minimum atomic E-state index is -1.38. The third-order valence-corrected chi connectivity index (χ3v) is 1.45. The molecule has 3 N–H and O–H groups in total. The van der Waals surface area contributed by atoms with E-state index in [-0.39, 0.29) is 13.1 Å². The molecule has 7 nitrogen and oxygen atoms in total. The number of carbonyl (C=O) groups is 2. The van der Waals surface area contributed by atoms with Gasteiger partial charge in [0.2, 0.25) is 12.6 Å². The Bertz CT molecular complexity index is 263. The summed E-state index contributed by atoms with van der Waals surface area (Å²) in [5.74, 6) is -1.51. The van der Waals surface area contributed by atoms with Crippen molar-refractivity contribution in [1.29, 1.82) is 0 Å². The van der Waals surface area contributed by atoms with Gasteiger partial charge in [0.25, 0.3) is 0 Å². The van der Waals surface area contributed by atoms with Crippen molar-refractivity contribution in [2.24, 2.45) is 0 Å². The molecule has 2 atom stereocenters. The Morgan fingerprint density at radius 3 is 1.71 bits per heavy atom. The molecule has 0 amide bonds. The van der Waals surface area contributed by atoms with E-state index >= 15 is 0 Å². The molecule has 0 aliphatic heterocycles. The summed E-state index contributed by atoms with van der Waals surface area (Å²) in [5, 5.41) is 20.1. The van der Waals surface area contributed by atoms with Crippen LogP contribution >= 0.6 is 0 Å². The zero-order chi connectivity index (χ0) is 13.3. The lowest BCUT2D eigenvalue weighted by atomic mass is 10.5. The van der Waals surface area contributed by atoms with Gasteiger partial charge in [0.05, 0.1) is 13.1 Å². The maximum Gasteiger partial charge on any atom is 0.322 e. The topological polar surface area (TPSA) is 105 Å². The summed E-state index contributed by atoms with van der Waals surface area (Å²) in [6, 6.07) is 0. The van der Waals surface area contributed by atoms with Gasteiger partial charge in [-0.15, -0.1) is 0 Å². The van der Waals surface area contributed by atoms with Crippen LogP contribution in [0.25, 0.3) is 0 Å². The van der Waals surface area contributed by atoms with Gasteiger partial charge in [-0.3, -0.25) is 14.9 Å². The third kappa shape index (κ3) is 8.14. The monoisotopic (exact) mass is 245 g/mol. The molecule has 0 aliphatic rings. The Hall–Kier alpha value is -1.70. The molecule has 0 saturated heterocycles. The maximum absolute atomic E-state index is 11.0. The van der Waals surface area contributed by atoms with E-state index in [4.69, 9.17) is 10.2 Å². The largest absolute Gasteiger partial charge is 0.431 e. The molecule has 0 aromatic rings. The molecule has 0 heterocycles. The first-order valence-corrected chi connectivity index (χ1v) is 4.70. The molecule has 0 aliphatic carbocycles. The van der Waals surface area contributed by atoms with E-state index < -0.39 is 24.5 Å². The van der Waals surface area contributed by atoms with Crippen LogP contribution in [-0.4, -0.2) is 47.8 Å². The third-order valence-electron chi connectivity index (χ3n) is 1.45. The molecule has 0 fully saturated rings. The van der Waals surface area contributed by atoms with Crippen LogP contribution in [0.5, 0.6) is 0 Å². The predicted molar refractivity (Wildman–Crippen MR) is 57.5 cm³/mol. The van der Waals surface area contributed by atoms with Crippen LogP contribution in [0.1, 0.15) is 0 Å². The Balaban J connectivity index is 3.69. The lowest BCUT2D eigenvalue weighted by Gasteiger charge is -2.09. The fourth-order valence-corrected chi connectivity index (χ4v) is 0.716. The summed E-state index contributed by atoms with van der Waals surface area (Å²) in [4.78, 5) is 21.9. The van der Waals surface area contributed by atoms with Gasteiger partial charge in [-0.1, -0.05) is 13.2 Å². The average molecular weight is 245 g/mol. The number of esters is 2. The second-order valence-electron chi connectivity index (χ2n) is 2.84. The van der Waals surface area contributed by atoms with Crippen molar-refractivity contribution in [3.8, 4) is 0 Å². The van der Waals surface area contributed by atoms with E-state index in [1.165, 1.54) is 0 Å². The molecule has 0 aromatic heterocycles. The highest BCUT2D eigenvalue weighted by Crippen LogP contribution is 1.89. The van der Waals surface area contributed by atoms with Gasteiger partial charge in [0.1, 0.15) is 0 Å². The highest BCUT2D eigenvalue weighted by molar-refractivity contribution is 5.75. The van der Waals surface area contributed by atoms with Crippen molar-refractivity contribution < 1.29 is 29.3 Å². The molecule has 0 saturated carbocycles. The number of rotatable bonds is 8. The van der Waals surface area contributed by atoms with Crippen LogP contribution in [0.2, 0.25) is 0 Å². The summed E-state index contributed by atoms with van der Waals surface area (Å²) >= 11 is 0. The molecule has 0 aromatic carbocycles. The van der Waals surface area contributed by atoms with Gasteiger partial charge < -0.3 is 19.7 Å². The second kappa shape index (κ2) is 8.45. The molecule has 0 spiro atoms. The van der Waals surface area contributed by atoms with Gasteiger partial charge in [-0.25, -0.2) is 0 Å². The normalized spacial score (nSPS) is 13.3. The molecule has 0 rings (SSSR count). The van der Waals surface area contributed by atoms with Gasteiger partial charge in [0, 0.05) is 0 Å². The number of carbonyl (C=O) groups excluding carboxylic acids is 2. The number of ether oxygens (including phenoxy) is 2. The molecular formula is C10H15NO6. The fraction of sp³-hybridized carbons (Fsp3) is 0.400. The van der Waals surface area contributed by atoms with Crippen LogP contribution in [0.3, 0.4) is 0 Å². The molecule has 17 heavy (non-hydrogen) atoms. The highest BCUT2D eigenvalue weighted by Gasteiger charge is 2.10. The number of hydrogen-bond acceptors (Lipinski definition) is 7. The molecule has 0 radical (unpaired) electrons. The van der Waals surface area contributed by atoms with Crippen LogP contribution in [0, 0.1) is 0 Å². The van der Waals surface area contributed by atoms with Crippen molar-refractivity contribution >= 4 is 11.9 Å². The van der Waals surface area contributed by atoms with Crippen molar-refractivity contribution in [3.05, 3.63) is 25.3 Å². The average Bonchev–Trinajstić information content (AvgIpc) is 2.28. The van der Waals surface area contributed by atoms with Crippen LogP contribution in [0.4, 0.5) is 0 Å². The second-order valence-corrected chi connectivity index (χ2v) is 2.84. The van der Waals surface area contributed by atoms with Crippen molar-refractivity contribution in [2.75, 3.05) is 13.1 Å². The SMILES string of the molecule is C=CC(O)OC(=O)CNCC(=O)OC(O)C=C. The molecule has 96 valence electrons. The number of nitrogens with one attached hydrogen (secondary N) is 1. The van der Waals surface area contributed by atoms with Crippen LogP contribution < -0.4 is 5.32 Å². The standard InChI is InChI=1S/C10H15NO6/c1-3-7(12)16-9(14)5-11-6-10(15)17-8(13)4-2/h3-4,7-8,11-13H,1-2,5-6H2. The Labute approximate surface area is 98.3 Å². The Morgan fingerprint density at radius 2 is 1.41 bits per heavy atom. The smallest absolute Gasteiger partial charge is 0.322 e. The molecule has 2 unspecified atom stereocenters. The summed E-state index contributed by atoms with van der Waals surface area (Å²) in [6.45, 7) is 5.84. The van der Waals surface area contributed by atoms with E-state index in [1.807, 2.05) is 0 Å². The van der Waals surface area contributed by atoms with E-state index in [9.17, 15) is 9.59 Å². The number of aliphatic hydroxyl groups excluding tert-OH is 2. The maximum atomic E-state index is 11.0. The number of hydrogen-bond donors (Lipinski definition) is 3. The summed E-state index contributed by atoms with van der Waals surface area (Å²) in [7, 11) is 0. The Morgan fingerprint density at radius 1 is 1.06 bits per heavy atom. The van der Waals surface area contributed by atoms with Crippen molar-refractivity contribution in [1.82, 2.24) is 5.32 Å².